The van der Waals surface area contributed by atoms with Crippen molar-refractivity contribution in [2.45, 2.75) is 4.90 Å². The third-order valence-electron chi connectivity index (χ3n) is 1.85. The van der Waals surface area contributed by atoms with Crippen LogP contribution < -0.4 is 10.5 Å². The quantitative estimate of drug-likeness (QED) is 0.780. The molecule has 0 fully saturated rings. The van der Waals surface area contributed by atoms with E-state index in [0.29, 0.717) is 5.69 Å². The maximum Gasteiger partial charge on any atom is 0.263 e. The Labute approximate surface area is 92.1 Å². The van der Waals surface area contributed by atoms with Crippen LogP contribution in [0.5, 0.6) is 0 Å². The molecule has 2 aromatic rings. The van der Waals surface area contributed by atoms with Crippen molar-refractivity contribution < 1.29 is 12.9 Å². The van der Waals surface area contributed by atoms with Gasteiger partial charge in [-0.3, -0.25) is 4.72 Å². The molecule has 1 aromatic heterocycles. The molecule has 0 saturated heterocycles. The number of aromatic nitrogens is 1. The summed E-state index contributed by atoms with van der Waals surface area (Å²) in [5, 5.41) is 3.45. The smallest absolute Gasteiger partial charge is 0.263 e. The van der Waals surface area contributed by atoms with Crippen molar-refractivity contribution in [3.05, 3.63) is 36.6 Å². The van der Waals surface area contributed by atoms with Crippen LogP contribution in [0.4, 0.5) is 11.5 Å². The lowest BCUT2D eigenvalue weighted by atomic mass is 10.3. The van der Waals surface area contributed by atoms with Crippen molar-refractivity contribution >= 4 is 21.5 Å². The van der Waals surface area contributed by atoms with Gasteiger partial charge in [0.1, 0.15) is 6.26 Å². The number of hydrogen-bond acceptors (Lipinski definition) is 5. The molecule has 0 amide bonds. The Morgan fingerprint density at radius 3 is 2.75 bits per heavy atom. The highest BCUT2D eigenvalue weighted by Crippen LogP contribution is 2.16. The summed E-state index contributed by atoms with van der Waals surface area (Å²) in [6.07, 6.45) is 1.28. The number of nitrogens with two attached hydrogens (primary N) is 1. The van der Waals surface area contributed by atoms with Gasteiger partial charge in [-0.15, -0.1) is 0 Å². The van der Waals surface area contributed by atoms with Crippen molar-refractivity contribution in [3.63, 3.8) is 0 Å². The minimum atomic E-state index is -3.66. The molecular weight excluding hydrogens is 230 g/mol. The second-order valence-electron chi connectivity index (χ2n) is 3.06. The molecule has 0 atom stereocenters. The van der Waals surface area contributed by atoms with Gasteiger partial charge in [0.05, 0.1) is 4.90 Å². The monoisotopic (exact) mass is 239 g/mol. The summed E-state index contributed by atoms with van der Waals surface area (Å²) in [5.74, 6) is 0.127. The Bertz CT molecular complexity index is 578. The first-order valence-electron chi connectivity index (χ1n) is 4.37. The zero-order valence-corrected chi connectivity index (χ0v) is 8.94. The second-order valence-corrected chi connectivity index (χ2v) is 4.75. The third kappa shape index (κ3) is 2.14. The van der Waals surface area contributed by atoms with Gasteiger partial charge in [-0.25, -0.2) is 8.42 Å². The van der Waals surface area contributed by atoms with Crippen molar-refractivity contribution in [1.29, 1.82) is 0 Å². The Kier molecular flexibility index (Phi) is 2.53. The number of anilines is 2. The fourth-order valence-electron chi connectivity index (χ4n) is 1.14. The Morgan fingerprint density at radius 1 is 1.31 bits per heavy atom. The summed E-state index contributed by atoms with van der Waals surface area (Å²) in [6.45, 7) is 0. The summed E-state index contributed by atoms with van der Waals surface area (Å²) >= 11 is 0. The predicted octanol–water partition coefficient (Wildman–Crippen LogP) is 1.06. The molecule has 0 radical (unpaired) electrons. The predicted molar refractivity (Wildman–Crippen MR) is 58.2 cm³/mol. The molecule has 0 aliphatic carbocycles. The minimum absolute atomic E-state index is 0.0792. The molecule has 0 bridgehead atoms. The largest absolute Gasteiger partial charge is 0.399 e. The zero-order chi connectivity index (χ0) is 11.6. The van der Waals surface area contributed by atoms with Gasteiger partial charge in [-0.2, -0.15) is 0 Å². The molecule has 3 N–H and O–H groups in total. The highest BCUT2D eigenvalue weighted by Gasteiger charge is 2.15. The molecular formula is C9H9N3O3S. The average Bonchev–Trinajstić information content (AvgIpc) is 2.70. The van der Waals surface area contributed by atoms with Crippen molar-refractivity contribution in [3.8, 4) is 0 Å². The second kappa shape index (κ2) is 3.86. The summed E-state index contributed by atoms with van der Waals surface area (Å²) in [5.41, 5.74) is 5.88. The van der Waals surface area contributed by atoms with E-state index in [0.717, 1.165) is 0 Å². The Hall–Kier alpha value is -2.02. The van der Waals surface area contributed by atoms with E-state index in [9.17, 15) is 8.42 Å². The first kappa shape index (κ1) is 10.5. The lowest BCUT2D eigenvalue weighted by Crippen LogP contribution is -2.13. The molecule has 7 heteroatoms. The maximum absolute atomic E-state index is 11.8. The number of benzene rings is 1. The Morgan fingerprint density at radius 2 is 2.12 bits per heavy atom. The highest BCUT2D eigenvalue weighted by molar-refractivity contribution is 7.92. The van der Waals surface area contributed by atoms with Crippen LogP contribution in [0.1, 0.15) is 0 Å². The van der Waals surface area contributed by atoms with Gasteiger partial charge in [0.2, 0.25) is 0 Å². The summed E-state index contributed by atoms with van der Waals surface area (Å²) in [6, 6.07) is 7.38. The highest BCUT2D eigenvalue weighted by atomic mass is 32.2. The minimum Gasteiger partial charge on any atom is -0.399 e. The standard InChI is InChI=1S/C9H9N3O3S/c10-7-2-1-3-8(6-7)16(13,14)12-9-4-5-15-11-9/h1-6H,10H2,(H,11,12). The topological polar surface area (TPSA) is 98.2 Å². The summed E-state index contributed by atoms with van der Waals surface area (Å²) in [7, 11) is -3.66. The van der Waals surface area contributed by atoms with Crippen molar-refractivity contribution in [2.24, 2.45) is 0 Å². The van der Waals surface area contributed by atoms with Gasteiger partial charge in [-0.05, 0) is 18.2 Å². The van der Waals surface area contributed by atoms with E-state index in [2.05, 4.69) is 14.4 Å². The summed E-state index contributed by atoms with van der Waals surface area (Å²) in [4.78, 5) is 0.0792. The third-order valence-corrected chi connectivity index (χ3v) is 3.20. The van der Waals surface area contributed by atoms with E-state index in [1.807, 2.05) is 0 Å². The molecule has 0 spiro atoms. The number of nitrogens with one attached hydrogen (secondary N) is 1. The fraction of sp³-hybridized carbons (Fsp3) is 0. The SMILES string of the molecule is Nc1cccc(S(=O)(=O)Nc2ccon2)c1. The van der Waals surface area contributed by atoms with Gasteiger partial charge >= 0.3 is 0 Å². The number of nitrogen functional groups attached to an aromatic ring is 1. The zero-order valence-electron chi connectivity index (χ0n) is 8.12. The first-order valence-corrected chi connectivity index (χ1v) is 5.85. The fourth-order valence-corrected chi connectivity index (χ4v) is 2.19. The van der Waals surface area contributed by atoms with E-state index in [1.165, 1.54) is 24.5 Å². The summed E-state index contributed by atoms with van der Waals surface area (Å²) < 4.78 is 30.4. The lowest BCUT2D eigenvalue weighted by Gasteiger charge is -2.04. The Balaban J connectivity index is 2.33. The van der Waals surface area contributed by atoms with Crippen LogP contribution >= 0.6 is 0 Å². The van der Waals surface area contributed by atoms with Crippen LogP contribution in [0.3, 0.4) is 0 Å². The van der Waals surface area contributed by atoms with Gasteiger partial charge in [0.25, 0.3) is 10.0 Å². The number of rotatable bonds is 3. The van der Waals surface area contributed by atoms with E-state index in [-0.39, 0.29) is 10.7 Å². The molecule has 6 nitrogen and oxygen atoms in total. The van der Waals surface area contributed by atoms with Crippen LogP contribution in [0.2, 0.25) is 0 Å². The first-order chi connectivity index (χ1) is 7.58. The van der Waals surface area contributed by atoms with Crippen molar-refractivity contribution in [2.75, 3.05) is 10.5 Å². The van der Waals surface area contributed by atoms with Gasteiger partial charge in [0, 0.05) is 11.8 Å². The van der Waals surface area contributed by atoms with Crippen LogP contribution in [0.15, 0.2) is 46.0 Å². The van der Waals surface area contributed by atoms with Crippen LogP contribution in [0.25, 0.3) is 0 Å². The van der Waals surface area contributed by atoms with Gasteiger partial charge < -0.3 is 10.3 Å². The molecule has 1 heterocycles. The maximum atomic E-state index is 11.8. The van der Waals surface area contributed by atoms with Crippen LogP contribution in [0, 0.1) is 0 Å². The van der Waals surface area contributed by atoms with Crippen molar-refractivity contribution in [1.82, 2.24) is 5.16 Å². The van der Waals surface area contributed by atoms with Gasteiger partial charge in [0.15, 0.2) is 5.82 Å². The molecule has 2 rings (SSSR count). The van der Waals surface area contributed by atoms with Gasteiger partial charge in [-0.1, -0.05) is 11.2 Å². The normalized spacial score (nSPS) is 11.2. The number of sulfonamides is 1. The molecule has 1 aromatic carbocycles. The van der Waals surface area contributed by atoms with Crippen LogP contribution in [-0.4, -0.2) is 13.6 Å². The molecule has 0 aliphatic heterocycles. The van der Waals surface area contributed by atoms with E-state index < -0.39 is 10.0 Å². The number of nitrogens with zero attached hydrogens (tertiary/aromatic N) is 1. The molecule has 84 valence electrons. The lowest BCUT2D eigenvalue weighted by molar-refractivity contribution is 0.423. The van der Waals surface area contributed by atoms with E-state index in [4.69, 9.17) is 5.73 Å². The number of hydrogen-bond donors (Lipinski definition) is 2. The molecule has 0 unspecified atom stereocenters. The molecule has 0 aliphatic rings. The molecule has 16 heavy (non-hydrogen) atoms. The molecule has 0 saturated carbocycles. The van der Waals surface area contributed by atoms with E-state index >= 15 is 0 Å². The average molecular weight is 239 g/mol. The van der Waals surface area contributed by atoms with E-state index in [1.54, 1.807) is 12.1 Å². The van der Waals surface area contributed by atoms with Crippen LogP contribution in [-0.2, 0) is 10.0 Å².